The molecule has 0 aliphatic carbocycles. The van der Waals surface area contributed by atoms with Crippen LogP contribution in [-0.2, 0) is 0 Å². The molecule has 60 valence electrons. The highest BCUT2D eigenvalue weighted by Crippen LogP contribution is 1.89. The average Bonchev–Trinajstić information content (AvgIpc) is 1.98. The van der Waals surface area contributed by atoms with Crippen molar-refractivity contribution in [1.82, 2.24) is 5.32 Å². The zero-order valence-corrected chi connectivity index (χ0v) is 6.80. The maximum absolute atomic E-state index is 3.96. The van der Waals surface area contributed by atoms with Gasteiger partial charge in [0.15, 0.2) is 0 Å². The summed E-state index contributed by atoms with van der Waals surface area (Å²) in [6.45, 7) is 2.76. The molecule has 0 rings (SSSR count). The van der Waals surface area contributed by atoms with Gasteiger partial charge in [0.1, 0.15) is 0 Å². The first-order valence-electron chi connectivity index (χ1n) is 3.59. The Morgan fingerprint density at radius 3 is 2.90 bits per heavy atom. The molecule has 0 saturated carbocycles. The fourth-order valence-corrected chi connectivity index (χ4v) is 0.532. The van der Waals surface area contributed by atoms with Gasteiger partial charge < -0.3 is 10.1 Å². The molecule has 0 aromatic heterocycles. The second-order valence-electron chi connectivity index (χ2n) is 2.22. The van der Waals surface area contributed by atoms with E-state index < -0.39 is 0 Å². The Labute approximate surface area is 62.2 Å². The highest BCUT2D eigenvalue weighted by molar-refractivity contribution is 4.77. The lowest BCUT2D eigenvalue weighted by Crippen LogP contribution is -2.52. The molecule has 3 heteroatoms. The van der Waals surface area contributed by atoms with Gasteiger partial charge >= 0.3 is 6.73 Å². The molecule has 5 N–H and O–H groups in total. The summed E-state index contributed by atoms with van der Waals surface area (Å²) < 4.78 is 3.96. The zero-order chi connectivity index (χ0) is 7.82. The molecule has 0 amide bonds. The second kappa shape index (κ2) is 6.58. The number of hydrogen-bond donors (Lipinski definition) is 2. The maximum atomic E-state index is 3.96. The minimum absolute atomic E-state index is 0.538. The molecule has 0 aromatic carbocycles. The molecule has 0 fully saturated rings. The van der Waals surface area contributed by atoms with Crippen LogP contribution in [0.3, 0.4) is 0 Å². The Hall–Kier alpha value is -0.540. The lowest BCUT2D eigenvalue weighted by atomic mass is 10.2. The normalized spacial score (nSPS) is 13.9. The Morgan fingerprint density at radius 2 is 2.40 bits per heavy atom. The van der Waals surface area contributed by atoms with Gasteiger partial charge in [-0.3, -0.25) is 5.73 Å². The molecule has 0 saturated heterocycles. The summed E-state index contributed by atoms with van der Waals surface area (Å²) in [4.78, 5) is 0. The van der Waals surface area contributed by atoms with Crippen molar-refractivity contribution in [3.8, 4) is 0 Å². The summed E-state index contributed by atoms with van der Waals surface area (Å²) in [5, 5.41) is 3.13. The summed E-state index contributed by atoms with van der Waals surface area (Å²) in [5.41, 5.74) is 3.59. The van der Waals surface area contributed by atoms with Gasteiger partial charge in [-0.05, 0) is 20.4 Å². The molecule has 0 aliphatic rings. The molecule has 3 nitrogen and oxygen atoms in total. The zero-order valence-electron chi connectivity index (χ0n) is 6.80. The monoisotopic (exact) mass is 146 g/mol. The Kier molecular flexibility index (Phi) is 6.22. The summed E-state index contributed by atoms with van der Waals surface area (Å²) >= 11 is 0. The predicted molar refractivity (Wildman–Crippen MR) is 42.3 cm³/mol. The molecule has 1 atom stereocenters. The number of ether oxygens (including phenoxy) is 1. The van der Waals surface area contributed by atoms with Crippen molar-refractivity contribution >= 4 is 0 Å². The highest BCUT2D eigenvalue weighted by Gasteiger charge is 1.92. The summed E-state index contributed by atoms with van der Waals surface area (Å²) in [6, 6.07) is 0.538. The van der Waals surface area contributed by atoms with E-state index in [4.69, 9.17) is 0 Å². The Balaban J connectivity index is 3.16. The first-order chi connectivity index (χ1) is 4.81. The second-order valence-corrected chi connectivity index (χ2v) is 2.22. The minimum Gasteiger partial charge on any atom is -0.547 e. The minimum atomic E-state index is 0.538. The van der Waals surface area contributed by atoms with E-state index in [1.165, 1.54) is 0 Å². The van der Waals surface area contributed by atoms with Crippen molar-refractivity contribution in [2.75, 3.05) is 13.8 Å². The van der Waals surface area contributed by atoms with Crippen molar-refractivity contribution in [2.24, 2.45) is 0 Å². The summed E-state index contributed by atoms with van der Waals surface area (Å²) in [6.07, 6.45) is 4.90. The summed E-state index contributed by atoms with van der Waals surface area (Å²) in [7, 11) is 1.96. The fourth-order valence-electron chi connectivity index (χ4n) is 0.532. The largest absolute Gasteiger partial charge is 0.547 e. The first-order valence-corrected chi connectivity index (χ1v) is 3.59. The third-order valence-electron chi connectivity index (χ3n) is 1.32. The topological polar surface area (TPSA) is 52.5 Å². The molecule has 10 heavy (non-hydrogen) atoms. The molecule has 0 aliphatic heterocycles. The van der Waals surface area contributed by atoms with Crippen LogP contribution in [-0.4, -0.2) is 24.6 Å². The van der Waals surface area contributed by atoms with Crippen LogP contribution in [0, 0.1) is 0 Å². The molecule has 0 aromatic rings. The third kappa shape index (κ3) is 5.59. The van der Waals surface area contributed by atoms with Gasteiger partial charge in [0.25, 0.3) is 0 Å². The smallest absolute Gasteiger partial charge is 0.301 e. The molecule has 0 bridgehead atoms. The highest BCUT2D eigenvalue weighted by atomic mass is 16.5. The lowest BCUT2D eigenvalue weighted by Gasteiger charge is -2.03. The van der Waals surface area contributed by atoms with Crippen molar-refractivity contribution in [3.05, 3.63) is 12.3 Å². The van der Waals surface area contributed by atoms with Crippen molar-refractivity contribution in [3.63, 3.8) is 0 Å². The number of nitrogens with one attached hydrogen (secondary N) is 1. The number of aliphatic hydroxyl groups is 2. The first kappa shape index (κ1) is 9.46. The van der Waals surface area contributed by atoms with E-state index in [9.17, 15) is 0 Å². The van der Waals surface area contributed by atoms with Crippen molar-refractivity contribution in [2.45, 2.75) is 19.4 Å². The number of rotatable bonds is 5. The van der Waals surface area contributed by atoms with Gasteiger partial charge in [-0.1, -0.05) is 0 Å². The van der Waals surface area contributed by atoms with E-state index in [0.717, 1.165) is 6.42 Å². The van der Waals surface area contributed by atoms with Crippen LogP contribution < -0.4 is 11.1 Å². The summed E-state index contributed by atoms with van der Waals surface area (Å²) in [5.74, 6) is 0. The van der Waals surface area contributed by atoms with Crippen LogP contribution >= 0.6 is 0 Å². The van der Waals surface area contributed by atoms with E-state index in [2.05, 4.69) is 22.7 Å². The van der Waals surface area contributed by atoms with Crippen LogP contribution in [0.2, 0.25) is 0 Å². The van der Waals surface area contributed by atoms with E-state index in [-0.39, 0.29) is 0 Å². The van der Waals surface area contributed by atoms with Crippen molar-refractivity contribution < 1.29 is 10.5 Å². The molecular formula is C7H18N2O+2. The van der Waals surface area contributed by atoms with Gasteiger partial charge in [0, 0.05) is 12.1 Å². The van der Waals surface area contributed by atoms with Gasteiger partial charge in [-0.25, -0.2) is 0 Å². The van der Waals surface area contributed by atoms with Gasteiger partial charge in [-0.2, -0.15) is 0 Å². The van der Waals surface area contributed by atoms with E-state index >= 15 is 0 Å². The Bertz CT molecular complexity index is 93.6. The average molecular weight is 146 g/mol. The third-order valence-corrected chi connectivity index (χ3v) is 1.32. The number of hydrogen-bond acceptors (Lipinski definition) is 1. The van der Waals surface area contributed by atoms with Crippen LogP contribution in [0.4, 0.5) is 0 Å². The van der Waals surface area contributed by atoms with Crippen LogP contribution in [0.5, 0.6) is 0 Å². The molecule has 0 radical (unpaired) electrons. The van der Waals surface area contributed by atoms with E-state index in [0.29, 0.717) is 12.8 Å². The van der Waals surface area contributed by atoms with E-state index in [1.807, 2.05) is 19.4 Å². The van der Waals surface area contributed by atoms with Gasteiger partial charge in [0.05, 0.1) is 0 Å². The van der Waals surface area contributed by atoms with Crippen LogP contribution in [0.25, 0.3) is 0 Å². The van der Waals surface area contributed by atoms with Crippen LogP contribution in [0.15, 0.2) is 12.3 Å². The maximum Gasteiger partial charge on any atom is 0.301 e. The van der Waals surface area contributed by atoms with Gasteiger partial charge in [-0.15, -0.1) is 0 Å². The van der Waals surface area contributed by atoms with E-state index in [1.54, 1.807) is 0 Å². The van der Waals surface area contributed by atoms with Gasteiger partial charge in [0.2, 0.25) is 6.26 Å². The van der Waals surface area contributed by atoms with Crippen molar-refractivity contribution in [1.29, 1.82) is 0 Å². The molecular weight excluding hydrogens is 128 g/mol. The SMILES string of the molecule is CNC(C)CC=C[OH+]C[NH3+]. The number of quaternary nitrogens is 1. The van der Waals surface area contributed by atoms with Crippen LogP contribution in [0.1, 0.15) is 13.3 Å². The predicted octanol–water partition coefficient (Wildman–Crippen LogP) is -0.774. The fraction of sp³-hybridized carbons (Fsp3) is 0.714. The standard InChI is InChI=1S/C7H16N2O/c1-7(9-2)4-3-5-10-6-8/h3,5,7,9H,4,6,8H2,1-2H3/p+2. The quantitative estimate of drug-likeness (QED) is 0.298. The Morgan fingerprint density at radius 1 is 1.70 bits per heavy atom. The lowest BCUT2D eigenvalue weighted by molar-refractivity contribution is -0.450. The molecule has 0 heterocycles. The molecule has 1 unspecified atom stereocenters. The molecule has 0 spiro atoms.